The number of amides is 2. The summed E-state index contributed by atoms with van der Waals surface area (Å²) in [5.74, 6) is -1.18. The van der Waals surface area contributed by atoms with E-state index in [1.54, 1.807) is 54.6 Å². The van der Waals surface area contributed by atoms with Crippen molar-refractivity contribution < 1.29 is 28.6 Å². The summed E-state index contributed by atoms with van der Waals surface area (Å²) in [5, 5.41) is 6.24. The maximum Gasteiger partial charge on any atom is 0.343 e. The highest BCUT2D eigenvalue weighted by atomic mass is 16.6. The molecule has 0 aliphatic carbocycles. The van der Waals surface area contributed by atoms with Gasteiger partial charge in [0.2, 0.25) is 0 Å². The van der Waals surface area contributed by atoms with Crippen LogP contribution in [0.4, 0.5) is 5.69 Å². The molecule has 2 N–H and O–H groups in total. The van der Waals surface area contributed by atoms with Crippen molar-refractivity contribution in [2.45, 2.75) is 6.92 Å². The summed E-state index contributed by atoms with van der Waals surface area (Å²) < 4.78 is 15.8. The van der Waals surface area contributed by atoms with Gasteiger partial charge in [-0.2, -0.15) is 5.10 Å². The van der Waals surface area contributed by atoms with E-state index in [4.69, 9.17) is 14.2 Å². The quantitative estimate of drug-likeness (QED) is 0.183. The fourth-order valence-electron chi connectivity index (χ4n) is 2.78. The Bertz CT molecular complexity index is 1200. The molecule has 0 aliphatic heterocycles. The molecule has 0 radical (unpaired) electrons. The first-order chi connectivity index (χ1) is 16.4. The zero-order valence-corrected chi connectivity index (χ0v) is 18.8. The Hall–Kier alpha value is -4.66. The number of carbonyl (C=O) groups excluding carboxylic acids is 3. The van der Waals surface area contributed by atoms with E-state index in [1.807, 2.05) is 19.1 Å². The van der Waals surface area contributed by atoms with Crippen molar-refractivity contribution in [2.75, 3.05) is 19.5 Å². The lowest BCUT2D eigenvalue weighted by Crippen LogP contribution is -2.32. The van der Waals surface area contributed by atoms with Gasteiger partial charge in [-0.05, 0) is 67.1 Å². The van der Waals surface area contributed by atoms with Crippen molar-refractivity contribution in [3.63, 3.8) is 0 Å². The molecule has 34 heavy (non-hydrogen) atoms. The Balaban J connectivity index is 1.58. The number of rotatable bonds is 7. The van der Waals surface area contributed by atoms with E-state index >= 15 is 0 Å². The van der Waals surface area contributed by atoms with Crippen LogP contribution in [-0.2, 0) is 9.59 Å². The molecule has 2 amide bonds. The number of carbonyl (C=O) groups is 3. The monoisotopic (exact) mass is 461 g/mol. The van der Waals surface area contributed by atoms with E-state index in [9.17, 15) is 14.4 Å². The first-order valence-electron chi connectivity index (χ1n) is 10.1. The van der Waals surface area contributed by atoms with Crippen LogP contribution in [0.5, 0.6) is 17.2 Å². The van der Waals surface area contributed by atoms with Crippen LogP contribution in [0.1, 0.15) is 21.5 Å². The maximum atomic E-state index is 12.4. The topological polar surface area (TPSA) is 115 Å². The molecule has 174 valence electrons. The molecular formula is C25H23N3O6. The minimum atomic E-state index is -0.942. The first-order valence-corrected chi connectivity index (χ1v) is 10.1. The van der Waals surface area contributed by atoms with Gasteiger partial charge < -0.3 is 19.5 Å². The van der Waals surface area contributed by atoms with Crippen LogP contribution in [0.15, 0.2) is 71.8 Å². The van der Waals surface area contributed by atoms with Crippen LogP contribution in [-0.4, -0.2) is 38.2 Å². The molecule has 3 rings (SSSR count). The minimum absolute atomic E-state index is 0.230. The van der Waals surface area contributed by atoms with Crippen LogP contribution < -0.4 is 25.0 Å². The lowest BCUT2D eigenvalue weighted by atomic mass is 10.1. The van der Waals surface area contributed by atoms with Gasteiger partial charge in [-0.15, -0.1) is 0 Å². The number of hydrogen-bond acceptors (Lipinski definition) is 7. The zero-order chi connectivity index (χ0) is 24.5. The minimum Gasteiger partial charge on any atom is -0.497 e. The van der Waals surface area contributed by atoms with Gasteiger partial charge in [0.05, 0.1) is 26.0 Å². The molecular weight excluding hydrogens is 438 g/mol. The number of ether oxygens (including phenoxy) is 3. The van der Waals surface area contributed by atoms with Crippen molar-refractivity contribution in [3.05, 3.63) is 83.4 Å². The molecule has 0 unspecified atom stereocenters. The Morgan fingerprint density at radius 1 is 0.824 bits per heavy atom. The van der Waals surface area contributed by atoms with Crippen LogP contribution in [0.2, 0.25) is 0 Å². The number of methoxy groups -OCH3 is 2. The van der Waals surface area contributed by atoms with Gasteiger partial charge in [0.15, 0.2) is 11.5 Å². The van der Waals surface area contributed by atoms with Crippen molar-refractivity contribution in [1.29, 1.82) is 0 Å². The molecule has 0 aromatic heterocycles. The molecule has 0 atom stereocenters. The van der Waals surface area contributed by atoms with E-state index in [2.05, 4.69) is 15.8 Å². The normalized spacial score (nSPS) is 10.4. The predicted octanol–water partition coefficient (Wildman–Crippen LogP) is 3.32. The van der Waals surface area contributed by atoms with Crippen molar-refractivity contribution in [2.24, 2.45) is 5.10 Å². The molecule has 0 bridgehead atoms. The molecule has 0 aliphatic rings. The molecule has 3 aromatic carbocycles. The molecule has 0 spiro atoms. The summed E-state index contributed by atoms with van der Waals surface area (Å²) in [5.41, 5.74) is 4.57. The van der Waals surface area contributed by atoms with Crippen molar-refractivity contribution >= 4 is 29.7 Å². The summed E-state index contributed by atoms with van der Waals surface area (Å²) in [6.45, 7) is 1.92. The van der Waals surface area contributed by atoms with E-state index in [1.165, 1.54) is 20.4 Å². The number of anilines is 1. The van der Waals surface area contributed by atoms with Crippen molar-refractivity contribution in [1.82, 2.24) is 5.43 Å². The Kier molecular flexibility index (Phi) is 7.96. The number of esters is 1. The summed E-state index contributed by atoms with van der Waals surface area (Å²) >= 11 is 0. The SMILES string of the molecule is COc1ccc(NC(=O)C(=O)N/N=C\c2ccc(OC(=O)c3ccc(C)cc3)c(OC)c2)cc1. The average molecular weight is 461 g/mol. The summed E-state index contributed by atoms with van der Waals surface area (Å²) in [6, 6.07) is 18.2. The van der Waals surface area contributed by atoms with Gasteiger partial charge in [0, 0.05) is 5.69 Å². The third kappa shape index (κ3) is 6.42. The van der Waals surface area contributed by atoms with Crippen molar-refractivity contribution in [3.8, 4) is 17.2 Å². The van der Waals surface area contributed by atoms with Gasteiger partial charge in [-0.1, -0.05) is 17.7 Å². The Labute approximate surface area is 196 Å². The molecule has 3 aromatic rings. The molecule has 9 nitrogen and oxygen atoms in total. The number of aryl methyl sites for hydroxylation is 1. The van der Waals surface area contributed by atoms with E-state index in [0.29, 0.717) is 28.3 Å². The Morgan fingerprint density at radius 3 is 2.18 bits per heavy atom. The van der Waals surface area contributed by atoms with E-state index < -0.39 is 17.8 Å². The number of nitrogens with one attached hydrogen (secondary N) is 2. The van der Waals surface area contributed by atoms with Crippen LogP contribution in [0.3, 0.4) is 0 Å². The molecule has 0 fully saturated rings. The molecule has 0 saturated carbocycles. The highest BCUT2D eigenvalue weighted by Crippen LogP contribution is 2.28. The second-order valence-electron chi connectivity index (χ2n) is 7.05. The van der Waals surface area contributed by atoms with E-state index in [0.717, 1.165) is 5.56 Å². The fourth-order valence-corrected chi connectivity index (χ4v) is 2.78. The largest absolute Gasteiger partial charge is 0.497 e. The number of hydrogen-bond donors (Lipinski definition) is 2. The summed E-state index contributed by atoms with van der Waals surface area (Å²) in [7, 11) is 2.96. The number of benzene rings is 3. The van der Waals surface area contributed by atoms with Gasteiger partial charge in [0.1, 0.15) is 5.75 Å². The van der Waals surface area contributed by atoms with Crippen LogP contribution >= 0.6 is 0 Å². The fraction of sp³-hybridized carbons (Fsp3) is 0.120. The average Bonchev–Trinajstić information content (AvgIpc) is 2.85. The van der Waals surface area contributed by atoms with Crippen LogP contribution in [0.25, 0.3) is 0 Å². The summed E-state index contributed by atoms with van der Waals surface area (Å²) in [6.07, 6.45) is 1.33. The lowest BCUT2D eigenvalue weighted by molar-refractivity contribution is -0.136. The standard InChI is InChI=1S/C25H23N3O6/c1-16-4-7-18(8-5-16)25(31)34-21-13-6-17(14-22(21)33-3)15-26-28-24(30)23(29)27-19-9-11-20(32-2)12-10-19/h4-15H,1-3H3,(H,27,29)(H,28,30)/b26-15-. The third-order valence-electron chi connectivity index (χ3n) is 4.61. The van der Waals surface area contributed by atoms with Gasteiger partial charge >= 0.3 is 17.8 Å². The Morgan fingerprint density at radius 2 is 1.53 bits per heavy atom. The smallest absolute Gasteiger partial charge is 0.343 e. The highest BCUT2D eigenvalue weighted by molar-refractivity contribution is 6.39. The molecule has 0 heterocycles. The van der Waals surface area contributed by atoms with Gasteiger partial charge in [-0.25, -0.2) is 10.2 Å². The molecule has 9 heteroatoms. The highest BCUT2D eigenvalue weighted by Gasteiger charge is 2.14. The second-order valence-corrected chi connectivity index (χ2v) is 7.05. The number of hydrazone groups is 1. The zero-order valence-electron chi connectivity index (χ0n) is 18.8. The second kappa shape index (κ2) is 11.3. The summed E-state index contributed by atoms with van der Waals surface area (Å²) in [4.78, 5) is 36.3. The van der Waals surface area contributed by atoms with E-state index in [-0.39, 0.29) is 5.75 Å². The predicted molar refractivity (Wildman–Crippen MR) is 126 cm³/mol. The lowest BCUT2D eigenvalue weighted by Gasteiger charge is -2.10. The third-order valence-corrected chi connectivity index (χ3v) is 4.61. The van der Waals surface area contributed by atoms with Gasteiger partial charge in [-0.3, -0.25) is 9.59 Å². The van der Waals surface area contributed by atoms with Crippen LogP contribution in [0, 0.1) is 6.92 Å². The number of nitrogens with zero attached hydrogens (tertiary/aromatic N) is 1. The molecule has 0 saturated heterocycles. The van der Waals surface area contributed by atoms with Gasteiger partial charge in [0.25, 0.3) is 0 Å². The maximum absolute atomic E-state index is 12.4. The first kappa shape index (κ1) is 24.0.